The van der Waals surface area contributed by atoms with Crippen LogP contribution in [0.5, 0.6) is 5.75 Å². The number of aryl methyl sites for hydroxylation is 2. The summed E-state index contributed by atoms with van der Waals surface area (Å²) in [5.41, 5.74) is 2.62. The molecule has 0 aliphatic rings. The fourth-order valence-electron chi connectivity index (χ4n) is 2.04. The zero-order valence-electron chi connectivity index (χ0n) is 12.6. The zero-order valence-corrected chi connectivity index (χ0v) is 16.4. The Morgan fingerprint density at radius 2 is 1.38 bits per heavy atom. The second-order valence-electron chi connectivity index (χ2n) is 5.00. The van der Waals surface area contributed by atoms with E-state index in [4.69, 9.17) is 62.7 Å². The molecule has 2 aromatic carbocycles. The Bertz CT molecular complexity index is 758. The van der Waals surface area contributed by atoms with Crippen LogP contribution in [0.25, 0.3) is 0 Å². The fraction of sp³-hybridized carbons (Fsp3) is 0.188. The van der Waals surface area contributed by atoms with Crippen molar-refractivity contribution in [3.05, 3.63) is 54.4 Å². The number of carbonyl (C=O) groups is 1. The Kier molecular flexibility index (Phi) is 6.52. The molecule has 0 unspecified atom stereocenters. The summed E-state index contributed by atoms with van der Waals surface area (Å²) in [5, 5.41) is 2.83. The third-order valence-electron chi connectivity index (χ3n) is 3.26. The molecule has 0 heterocycles. The van der Waals surface area contributed by atoms with Crippen molar-refractivity contribution in [2.75, 3.05) is 11.9 Å². The minimum Gasteiger partial charge on any atom is -0.481 e. The number of nitrogens with one attached hydrogen (secondary N) is 1. The van der Waals surface area contributed by atoms with Crippen molar-refractivity contribution in [2.24, 2.45) is 0 Å². The minimum absolute atomic E-state index is 0.00376. The molecule has 0 saturated carbocycles. The lowest BCUT2D eigenvalue weighted by molar-refractivity contribution is -0.118. The van der Waals surface area contributed by atoms with Crippen molar-refractivity contribution in [1.82, 2.24) is 0 Å². The van der Waals surface area contributed by atoms with Gasteiger partial charge in [0.05, 0.1) is 15.1 Å². The first-order chi connectivity index (χ1) is 11.2. The van der Waals surface area contributed by atoms with Gasteiger partial charge in [-0.05, 0) is 25.0 Å². The van der Waals surface area contributed by atoms with Gasteiger partial charge in [-0.1, -0.05) is 76.2 Å². The lowest BCUT2D eigenvalue weighted by Crippen LogP contribution is -2.21. The molecule has 0 aliphatic carbocycles. The summed E-state index contributed by atoms with van der Waals surface area (Å²) in [4.78, 5) is 12.1. The lowest BCUT2D eigenvalue weighted by Gasteiger charge is -2.15. The van der Waals surface area contributed by atoms with Crippen LogP contribution in [-0.2, 0) is 4.79 Å². The molecule has 1 amide bonds. The van der Waals surface area contributed by atoms with E-state index in [1.165, 1.54) is 0 Å². The van der Waals surface area contributed by atoms with Crippen molar-refractivity contribution in [1.29, 1.82) is 0 Å². The molecule has 3 nitrogen and oxygen atoms in total. The second-order valence-corrected chi connectivity index (χ2v) is 6.89. The van der Waals surface area contributed by atoms with Gasteiger partial charge < -0.3 is 10.1 Å². The molecule has 0 aliphatic heterocycles. The summed E-state index contributed by atoms with van der Waals surface area (Å²) in [6.07, 6.45) is 0. The summed E-state index contributed by atoms with van der Waals surface area (Å²) in [6.45, 7) is 3.48. The molecule has 24 heavy (non-hydrogen) atoms. The SMILES string of the molecule is Cc1cccc(C)c1NC(=O)COc1c(Cl)c(Cl)c(Cl)c(Cl)c1Cl. The minimum atomic E-state index is -0.373. The number of hydrogen-bond donors (Lipinski definition) is 1. The topological polar surface area (TPSA) is 38.3 Å². The predicted octanol–water partition coefficient (Wildman–Crippen LogP) is 6.59. The van der Waals surface area contributed by atoms with Gasteiger partial charge in [0, 0.05) is 5.69 Å². The van der Waals surface area contributed by atoms with Crippen LogP contribution >= 0.6 is 58.0 Å². The van der Waals surface area contributed by atoms with E-state index in [0.29, 0.717) is 0 Å². The van der Waals surface area contributed by atoms with E-state index >= 15 is 0 Å². The molecule has 0 aromatic heterocycles. The Morgan fingerprint density at radius 3 is 1.88 bits per heavy atom. The Labute approximate surface area is 164 Å². The zero-order chi connectivity index (χ0) is 18.0. The summed E-state index contributed by atoms with van der Waals surface area (Å²) in [7, 11) is 0. The predicted molar refractivity (Wildman–Crippen MR) is 102 cm³/mol. The van der Waals surface area contributed by atoms with E-state index in [2.05, 4.69) is 5.32 Å². The molecule has 0 radical (unpaired) electrons. The Hall–Kier alpha value is -0.840. The van der Waals surface area contributed by atoms with Gasteiger partial charge in [-0.25, -0.2) is 0 Å². The molecule has 0 fully saturated rings. The maximum absolute atomic E-state index is 12.1. The van der Waals surface area contributed by atoms with Gasteiger partial charge in [0.15, 0.2) is 12.4 Å². The van der Waals surface area contributed by atoms with Gasteiger partial charge in [0.2, 0.25) is 0 Å². The Balaban J connectivity index is 2.16. The molecule has 1 N–H and O–H groups in total. The summed E-state index contributed by atoms with van der Waals surface area (Å²) in [5.74, 6) is -0.365. The van der Waals surface area contributed by atoms with Crippen LogP contribution in [0.4, 0.5) is 5.69 Å². The van der Waals surface area contributed by atoms with Crippen molar-refractivity contribution in [3.8, 4) is 5.75 Å². The highest BCUT2D eigenvalue weighted by Crippen LogP contribution is 2.48. The van der Waals surface area contributed by atoms with Gasteiger partial charge in [0.25, 0.3) is 5.91 Å². The highest BCUT2D eigenvalue weighted by atomic mass is 35.5. The fourth-order valence-corrected chi connectivity index (χ4v) is 3.27. The number of anilines is 1. The van der Waals surface area contributed by atoms with Crippen LogP contribution in [-0.4, -0.2) is 12.5 Å². The van der Waals surface area contributed by atoms with Crippen LogP contribution in [0.1, 0.15) is 11.1 Å². The number of para-hydroxylation sites is 1. The second kappa shape index (κ2) is 8.03. The third kappa shape index (κ3) is 4.04. The average molecular weight is 428 g/mol. The van der Waals surface area contributed by atoms with E-state index in [9.17, 15) is 4.79 Å². The van der Waals surface area contributed by atoms with Crippen molar-refractivity contribution in [2.45, 2.75) is 13.8 Å². The number of halogens is 5. The molecule has 8 heteroatoms. The quantitative estimate of drug-likeness (QED) is 0.442. The number of carbonyl (C=O) groups excluding carboxylic acids is 1. The van der Waals surface area contributed by atoms with E-state index < -0.39 is 0 Å². The van der Waals surface area contributed by atoms with Gasteiger partial charge >= 0.3 is 0 Å². The van der Waals surface area contributed by atoms with E-state index in [0.717, 1.165) is 16.8 Å². The first-order valence-corrected chi connectivity index (χ1v) is 8.63. The molecule has 0 saturated heterocycles. The van der Waals surface area contributed by atoms with Crippen molar-refractivity contribution < 1.29 is 9.53 Å². The normalized spacial score (nSPS) is 10.6. The number of hydrogen-bond acceptors (Lipinski definition) is 2. The monoisotopic (exact) mass is 425 g/mol. The molecular weight excluding hydrogens is 415 g/mol. The van der Waals surface area contributed by atoms with Crippen molar-refractivity contribution >= 4 is 69.6 Å². The first-order valence-electron chi connectivity index (χ1n) is 6.74. The molecule has 0 spiro atoms. The standard InChI is InChI=1S/C16H12Cl5NO2/c1-7-4-3-5-8(2)15(7)22-9(23)6-24-16-13(20)11(18)10(17)12(19)14(16)21/h3-5H,6H2,1-2H3,(H,22,23). The summed E-state index contributed by atoms with van der Waals surface area (Å²) < 4.78 is 5.39. The van der Waals surface area contributed by atoms with Gasteiger partial charge in [-0.2, -0.15) is 0 Å². The molecule has 2 rings (SSSR count). The third-order valence-corrected chi connectivity index (χ3v) is 5.50. The highest BCUT2D eigenvalue weighted by Gasteiger charge is 2.21. The number of benzene rings is 2. The maximum Gasteiger partial charge on any atom is 0.262 e. The van der Waals surface area contributed by atoms with Crippen molar-refractivity contribution in [3.63, 3.8) is 0 Å². The molecule has 0 atom stereocenters. The van der Waals surface area contributed by atoms with Gasteiger partial charge in [0.1, 0.15) is 10.0 Å². The highest BCUT2D eigenvalue weighted by molar-refractivity contribution is 6.55. The van der Waals surface area contributed by atoms with E-state index in [1.807, 2.05) is 32.0 Å². The smallest absolute Gasteiger partial charge is 0.262 e. The number of amides is 1. The van der Waals surface area contributed by atoms with E-state index in [-0.39, 0.29) is 43.4 Å². The van der Waals surface area contributed by atoms with Crippen LogP contribution in [0.15, 0.2) is 18.2 Å². The Morgan fingerprint density at radius 1 is 0.917 bits per heavy atom. The lowest BCUT2D eigenvalue weighted by atomic mass is 10.1. The van der Waals surface area contributed by atoms with Crippen LogP contribution in [0.2, 0.25) is 25.1 Å². The van der Waals surface area contributed by atoms with Crippen LogP contribution < -0.4 is 10.1 Å². The summed E-state index contributed by atoms with van der Waals surface area (Å²) >= 11 is 29.9. The average Bonchev–Trinajstić information content (AvgIpc) is 2.54. The number of rotatable bonds is 4. The van der Waals surface area contributed by atoms with E-state index in [1.54, 1.807) is 0 Å². The molecule has 0 bridgehead atoms. The maximum atomic E-state index is 12.1. The first kappa shape index (κ1) is 19.5. The molecule has 128 valence electrons. The van der Waals surface area contributed by atoms with Crippen LogP contribution in [0.3, 0.4) is 0 Å². The largest absolute Gasteiger partial charge is 0.481 e. The summed E-state index contributed by atoms with van der Waals surface area (Å²) in [6, 6.07) is 5.71. The molecular formula is C16H12Cl5NO2. The number of ether oxygens (including phenoxy) is 1. The van der Waals surface area contributed by atoms with Gasteiger partial charge in [-0.3, -0.25) is 4.79 Å². The van der Waals surface area contributed by atoms with Crippen LogP contribution in [0, 0.1) is 13.8 Å². The molecule has 2 aromatic rings. The van der Waals surface area contributed by atoms with Gasteiger partial charge in [-0.15, -0.1) is 0 Å².